The normalized spacial score (nSPS) is 19.4. The quantitative estimate of drug-likeness (QED) is 0.524. The van der Waals surface area contributed by atoms with Gasteiger partial charge in [0.1, 0.15) is 18.2 Å². The minimum Gasteiger partial charge on any atom is -0.492 e. The van der Waals surface area contributed by atoms with Gasteiger partial charge in [0, 0.05) is 18.0 Å². The molecule has 1 atom stereocenters. The molecule has 1 unspecified atom stereocenters. The lowest BCUT2D eigenvalue weighted by Gasteiger charge is -2.50. The third-order valence-corrected chi connectivity index (χ3v) is 8.12. The van der Waals surface area contributed by atoms with Crippen molar-refractivity contribution in [3.05, 3.63) is 65.0 Å². The number of ether oxygens (including phenoxy) is 1. The van der Waals surface area contributed by atoms with Crippen molar-refractivity contribution in [2.45, 2.75) is 50.5 Å². The van der Waals surface area contributed by atoms with Gasteiger partial charge in [0.15, 0.2) is 0 Å². The topological polar surface area (TPSA) is 67.4 Å². The summed E-state index contributed by atoms with van der Waals surface area (Å²) in [4.78, 5) is 0. The zero-order valence-electron chi connectivity index (χ0n) is 18.4. The smallest absolute Gasteiger partial charge is 0.211 e. The summed E-state index contributed by atoms with van der Waals surface area (Å²) in [7, 11) is -3.23. The SMILES string of the molecule is CCCS(=O)(=O)NCCOc1ccc2c(c1)C(C1(c3cccc(F)c3)CCC1)NCC2.Cl. The van der Waals surface area contributed by atoms with Gasteiger partial charge in [-0.3, -0.25) is 0 Å². The number of nitrogens with one attached hydrogen (secondary N) is 2. The van der Waals surface area contributed by atoms with E-state index in [0.29, 0.717) is 6.42 Å². The molecule has 0 saturated heterocycles. The number of fused-ring (bicyclic) bond motifs is 1. The predicted octanol–water partition coefficient (Wildman–Crippen LogP) is 4.26. The molecule has 0 amide bonds. The van der Waals surface area contributed by atoms with E-state index in [1.54, 1.807) is 12.1 Å². The highest BCUT2D eigenvalue weighted by Crippen LogP contribution is 2.53. The molecule has 1 aliphatic carbocycles. The molecule has 1 fully saturated rings. The molecule has 2 N–H and O–H groups in total. The molecule has 1 heterocycles. The molecule has 0 radical (unpaired) electrons. The Morgan fingerprint density at radius 1 is 1.22 bits per heavy atom. The lowest BCUT2D eigenvalue weighted by Crippen LogP contribution is -2.49. The third kappa shape index (κ3) is 5.28. The van der Waals surface area contributed by atoms with E-state index >= 15 is 0 Å². The van der Waals surface area contributed by atoms with Crippen LogP contribution in [0.5, 0.6) is 5.75 Å². The van der Waals surface area contributed by atoms with Crippen LogP contribution in [0.1, 0.15) is 55.3 Å². The monoisotopic (exact) mass is 482 g/mol. The number of halogens is 2. The maximum absolute atomic E-state index is 14.0. The second kappa shape index (κ2) is 10.5. The van der Waals surface area contributed by atoms with E-state index in [0.717, 1.165) is 43.5 Å². The van der Waals surface area contributed by atoms with Crippen LogP contribution < -0.4 is 14.8 Å². The zero-order chi connectivity index (χ0) is 21.9. The van der Waals surface area contributed by atoms with Crippen molar-refractivity contribution >= 4 is 22.4 Å². The maximum Gasteiger partial charge on any atom is 0.211 e. The summed E-state index contributed by atoms with van der Waals surface area (Å²) < 4.78 is 46.0. The van der Waals surface area contributed by atoms with Crippen LogP contribution >= 0.6 is 12.4 Å². The number of hydrogen-bond donors (Lipinski definition) is 2. The number of sulfonamides is 1. The Hall–Kier alpha value is -1.67. The van der Waals surface area contributed by atoms with Crippen molar-refractivity contribution in [1.82, 2.24) is 10.0 Å². The average molecular weight is 483 g/mol. The number of benzene rings is 2. The van der Waals surface area contributed by atoms with Crippen molar-refractivity contribution in [3.63, 3.8) is 0 Å². The Bertz CT molecular complexity index is 1030. The molecular formula is C24H32ClFN2O3S. The predicted molar refractivity (Wildman–Crippen MR) is 128 cm³/mol. The van der Waals surface area contributed by atoms with Gasteiger partial charge >= 0.3 is 0 Å². The first-order valence-corrected chi connectivity index (χ1v) is 12.8. The van der Waals surface area contributed by atoms with Gasteiger partial charge in [-0.2, -0.15) is 0 Å². The van der Waals surface area contributed by atoms with Crippen LogP contribution in [0, 0.1) is 5.82 Å². The first-order valence-electron chi connectivity index (χ1n) is 11.2. The highest BCUT2D eigenvalue weighted by atomic mass is 35.5. The van der Waals surface area contributed by atoms with E-state index < -0.39 is 10.0 Å². The van der Waals surface area contributed by atoms with Crippen molar-refractivity contribution in [2.24, 2.45) is 0 Å². The fourth-order valence-electron chi connectivity index (χ4n) is 4.92. The summed E-state index contributed by atoms with van der Waals surface area (Å²) in [6.07, 6.45) is 4.72. The van der Waals surface area contributed by atoms with E-state index in [1.807, 2.05) is 19.1 Å². The molecule has 4 rings (SSSR count). The van der Waals surface area contributed by atoms with Crippen molar-refractivity contribution in [3.8, 4) is 5.75 Å². The lowest BCUT2D eigenvalue weighted by atomic mass is 9.58. The van der Waals surface area contributed by atoms with Crippen LogP contribution in [0.25, 0.3) is 0 Å². The molecule has 0 aromatic heterocycles. The van der Waals surface area contributed by atoms with Gasteiger partial charge in [0.2, 0.25) is 10.0 Å². The second-order valence-corrected chi connectivity index (χ2v) is 10.5. The average Bonchev–Trinajstić information content (AvgIpc) is 2.71. The molecule has 0 bridgehead atoms. The highest BCUT2D eigenvalue weighted by molar-refractivity contribution is 7.89. The van der Waals surface area contributed by atoms with Crippen LogP contribution in [0.4, 0.5) is 4.39 Å². The Balaban J connectivity index is 0.00000289. The molecular weight excluding hydrogens is 451 g/mol. The van der Waals surface area contributed by atoms with Gasteiger partial charge in [0.25, 0.3) is 0 Å². The summed E-state index contributed by atoms with van der Waals surface area (Å²) in [6.45, 7) is 3.25. The molecule has 32 heavy (non-hydrogen) atoms. The molecule has 8 heteroatoms. The van der Waals surface area contributed by atoms with Crippen LogP contribution in [0.3, 0.4) is 0 Å². The van der Waals surface area contributed by atoms with Crippen LogP contribution in [0.15, 0.2) is 42.5 Å². The van der Waals surface area contributed by atoms with Gasteiger partial charge < -0.3 is 10.1 Å². The Labute approximate surface area is 196 Å². The van der Waals surface area contributed by atoms with E-state index in [-0.39, 0.29) is 48.6 Å². The van der Waals surface area contributed by atoms with E-state index in [2.05, 4.69) is 22.2 Å². The Morgan fingerprint density at radius 2 is 2.03 bits per heavy atom. The van der Waals surface area contributed by atoms with Crippen LogP contribution in [0.2, 0.25) is 0 Å². The van der Waals surface area contributed by atoms with E-state index in [4.69, 9.17) is 4.74 Å². The van der Waals surface area contributed by atoms with Gasteiger partial charge in [0.05, 0.1) is 5.75 Å². The van der Waals surface area contributed by atoms with Gasteiger partial charge in [-0.1, -0.05) is 31.5 Å². The van der Waals surface area contributed by atoms with Crippen molar-refractivity contribution in [1.29, 1.82) is 0 Å². The van der Waals surface area contributed by atoms with Gasteiger partial charge in [-0.25, -0.2) is 17.5 Å². The fraction of sp³-hybridized carbons (Fsp3) is 0.500. The van der Waals surface area contributed by atoms with Gasteiger partial charge in [-0.05, 0) is 73.2 Å². The second-order valence-electron chi connectivity index (χ2n) is 8.58. The summed E-state index contributed by atoms with van der Waals surface area (Å²) in [6, 6.07) is 13.3. The molecule has 5 nitrogen and oxygen atoms in total. The first kappa shape index (κ1) is 25.0. The number of hydrogen-bond acceptors (Lipinski definition) is 4. The van der Waals surface area contributed by atoms with E-state index in [1.165, 1.54) is 17.2 Å². The summed E-state index contributed by atoms with van der Waals surface area (Å²) >= 11 is 0. The Morgan fingerprint density at radius 3 is 2.72 bits per heavy atom. The fourth-order valence-corrected chi connectivity index (χ4v) is 6.00. The summed E-state index contributed by atoms with van der Waals surface area (Å²) in [5.41, 5.74) is 3.45. The molecule has 1 saturated carbocycles. The standard InChI is InChI=1S/C24H31FN2O3S.ClH/c1-2-15-31(28,29)27-13-14-30-21-8-7-18-9-12-26-23(22(18)17-21)24(10-4-11-24)19-5-3-6-20(25)16-19;/h3,5-8,16-17,23,26-27H,2,4,9-15H2,1H3;1H. The van der Waals surface area contributed by atoms with Crippen LogP contribution in [-0.2, 0) is 21.9 Å². The minimum atomic E-state index is -3.23. The maximum atomic E-state index is 14.0. The molecule has 2 aromatic carbocycles. The first-order chi connectivity index (χ1) is 14.9. The summed E-state index contributed by atoms with van der Waals surface area (Å²) in [5.74, 6) is 0.666. The molecule has 0 spiro atoms. The van der Waals surface area contributed by atoms with Crippen molar-refractivity contribution in [2.75, 3.05) is 25.4 Å². The van der Waals surface area contributed by atoms with E-state index in [9.17, 15) is 12.8 Å². The third-order valence-electron chi connectivity index (χ3n) is 6.53. The lowest BCUT2D eigenvalue weighted by molar-refractivity contribution is 0.164. The highest BCUT2D eigenvalue weighted by Gasteiger charge is 2.47. The van der Waals surface area contributed by atoms with Crippen LogP contribution in [-0.4, -0.2) is 33.9 Å². The molecule has 2 aromatic rings. The molecule has 1 aliphatic heterocycles. The molecule has 176 valence electrons. The Kier molecular flexibility index (Phi) is 8.20. The minimum absolute atomic E-state index is 0. The van der Waals surface area contributed by atoms with Gasteiger partial charge in [-0.15, -0.1) is 12.4 Å². The largest absolute Gasteiger partial charge is 0.492 e. The van der Waals surface area contributed by atoms with Crippen molar-refractivity contribution < 1.29 is 17.5 Å². The molecule has 2 aliphatic rings. The zero-order valence-corrected chi connectivity index (χ0v) is 20.0. The summed E-state index contributed by atoms with van der Waals surface area (Å²) in [5, 5.41) is 3.69. The number of rotatable bonds is 9.